The van der Waals surface area contributed by atoms with E-state index in [2.05, 4.69) is 5.32 Å². The lowest BCUT2D eigenvalue weighted by Crippen LogP contribution is -2.34. The summed E-state index contributed by atoms with van der Waals surface area (Å²) in [6.45, 7) is 3.19. The molecule has 0 saturated carbocycles. The lowest BCUT2D eigenvalue weighted by Gasteiger charge is -2.16. The molecule has 3 rings (SSSR count). The van der Waals surface area contributed by atoms with Crippen molar-refractivity contribution in [2.24, 2.45) is 0 Å². The van der Waals surface area contributed by atoms with Crippen molar-refractivity contribution in [3.63, 3.8) is 0 Å². The minimum Gasteiger partial charge on any atom is -0.452 e. The van der Waals surface area contributed by atoms with E-state index in [0.717, 1.165) is 16.2 Å². The average Bonchev–Trinajstić information content (AvgIpc) is 2.96. The van der Waals surface area contributed by atoms with Crippen LogP contribution in [0.15, 0.2) is 42.5 Å². The molecule has 0 radical (unpaired) electrons. The van der Waals surface area contributed by atoms with Gasteiger partial charge in [0.1, 0.15) is 0 Å². The molecule has 0 bridgehead atoms. The first-order valence-corrected chi connectivity index (χ1v) is 9.92. The predicted octanol–water partition coefficient (Wildman–Crippen LogP) is 2.62. The molecule has 1 aliphatic rings. The monoisotopic (exact) mass is 423 g/mol. The van der Waals surface area contributed by atoms with Gasteiger partial charge in [0, 0.05) is 32.0 Å². The number of fused-ring (bicyclic) bond motifs is 1. The van der Waals surface area contributed by atoms with Crippen molar-refractivity contribution in [3.05, 3.63) is 59.2 Å². The summed E-state index contributed by atoms with van der Waals surface area (Å²) in [5.74, 6) is -2.00. The van der Waals surface area contributed by atoms with Crippen LogP contribution in [0.1, 0.15) is 39.6 Å². The van der Waals surface area contributed by atoms with Gasteiger partial charge in [-0.05, 0) is 50.2 Å². The van der Waals surface area contributed by atoms with E-state index in [1.807, 2.05) is 38.1 Å². The van der Waals surface area contributed by atoms with Crippen molar-refractivity contribution in [2.75, 3.05) is 30.9 Å². The molecule has 2 aromatic rings. The predicted molar refractivity (Wildman–Crippen MR) is 116 cm³/mol. The van der Waals surface area contributed by atoms with Gasteiger partial charge in [-0.3, -0.25) is 24.1 Å². The fourth-order valence-electron chi connectivity index (χ4n) is 3.21. The number of hydrogen-bond acceptors (Lipinski definition) is 6. The first kappa shape index (κ1) is 22.0. The number of benzene rings is 2. The van der Waals surface area contributed by atoms with E-state index in [9.17, 15) is 19.2 Å². The molecule has 1 N–H and O–H groups in total. The number of imide groups is 1. The fourth-order valence-corrected chi connectivity index (χ4v) is 3.21. The number of ether oxygens (including phenoxy) is 1. The van der Waals surface area contributed by atoms with Crippen LogP contribution in [0.25, 0.3) is 0 Å². The Kier molecular flexibility index (Phi) is 6.39. The average molecular weight is 423 g/mol. The number of aryl methyl sites for hydroxylation is 1. The summed E-state index contributed by atoms with van der Waals surface area (Å²) in [6, 6.07) is 12.3. The highest BCUT2D eigenvalue weighted by atomic mass is 16.5. The standard InChI is InChI=1S/C23H25N3O5/c1-14-5-10-18-19(13-14)23(30)26(22(18)29)12-11-20(27)31-15(2)21(28)24-16-6-8-17(9-7-16)25(3)4/h5-10,13,15H,11-12H2,1-4H3,(H,24,28). The van der Waals surface area contributed by atoms with E-state index in [1.165, 1.54) is 6.92 Å². The Morgan fingerprint density at radius 2 is 1.68 bits per heavy atom. The quantitative estimate of drug-likeness (QED) is 0.543. The Balaban J connectivity index is 1.51. The number of amides is 3. The largest absolute Gasteiger partial charge is 0.452 e. The van der Waals surface area contributed by atoms with Crippen LogP contribution in [0, 0.1) is 6.92 Å². The zero-order chi connectivity index (χ0) is 22.7. The van der Waals surface area contributed by atoms with Gasteiger partial charge in [0.15, 0.2) is 6.10 Å². The topological polar surface area (TPSA) is 96.0 Å². The smallest absolute Gasteiger partial charge is 0.308 e. The van der Waals surface area contributed by atoms with Crippen molar-refractivity contribution in [3.8, 4) is 0 Å². The molecular weight excluding hydrogens is 398 g/mol. The summed E-state index contributed by atoms with van der Waals surface area (Å²) in [4.78, 5) is 52.3. The normalized spacial score (nSPS) is 13.6. The Labute approximate surface area is 180 Å². The summed E-state index contributed by atoms with van der Waals surface area (Å²) in [6.07, 6.45) is -1.22. The van der Waals surface area contributed by atoms with Crippen molar-refractivity contribution < 1.29 is 23.9 Å². The van der Waals surface area contributed by atoms with Gasteiger partial charge in [0.25, 0.3) is 17.7 Å². The maximum Gasteiger partial charge on any atom is 0.308 e. The number of rotatable bonds is 7. The van der Waals surface area contributed by atoms with Gasteiger partial charge in [-0.1, -0.05) is 11.6 Å². The SMILES string of the molecule is Cc1ccc2c(c1)C(=O)N(CCC(=O)OC(C)C(=O)Nc1ccc(N(C)C)cc1)C2=O. The van der Waals surface area contributed by atoms with Crippen LogP contribution in [0.5, 0.6) is 0 Å². The van der Waals surface area contributed by atoms with Crippen LogP contribution in [0.2, 0.25) is 0 Å². The molecular formula is C23H25N3O5. The molecule has 0 aromatic heterocycles. The van der Waals surface area contributed by atoms with Gasteiger partial charge in [-0.2, -0.15) is 0 Å². The van der Waals surface area contributed by atoms with Gasteiger partial charge >= 0.3 is 5.97 Å². The Morgan fingerprint density at radius 1 is 1.03 bits per heavy atom. The van der Waals surface area contributed by atoms with E-state index in [0.29, 0.717) is 16.8 Å². The van der Waals surface area contributed by atoms with Crippen molar-refractivity contribution in [1.82, 2.24) is 4.90 Å². The number of anilines is 2. The molecule has 0 aliphatic carbocycles. The van der Waals surface area contributed by atoms with Crippen LogP contribution >= 0.6 is 0 Å². The summed E-state index contributed by atoms with van der Waals surface area (Å²) >= 11 is 0. The molecule has 1 heterocycles. The van der Waals surface area contributed by atoms with Crippen LogP contribution in [-0.4, -0.2) is 55.3 Å². The second kappa shape index (κ2) is 8.99. The van der Waals surface area contributed by atoms with Crippen LogP contribution in [0.4, 0.5) is 11.4 Å². The van der Waals surface area contributed by atoms with Crippen LogP contribution in [0.3, 0.4) is 0 Å². The molecule has 1 atom stereocenters. The second-order valence-electron chi connectivity index (χ2n) is 7.62. The number of hydrogen-bond donors (Lipinski definition) is 1. The molecule has 31 heavy (non-hydrogen) atoms. The van der Waals surface area contributed by atoms with Crippen molar-refractivity contribution >= 4 is 35.1 Å². The van der Waals surface area contributed by atoms with Gasteiger partial charge in [0.2, 0.25) is 0 Å². The van der Waals surface area contributed by atoms with Crippen LogP contribution in [-0.2, 0) is 14.3 Å². The van der Waals surface area contributed by atoms with Crippen molar-refractivity contribution in [1.29, 1.82) is 0 Å². The molecule has 8 nitrogen and oxygen atoms in total. The number of nitrogens with one attached hydrogen (secondary N) is 1. The first-order valence-electron chi connectivity index (χ1n) is 9.92. The molecule has 1 unspecified atom stereocenters. The maximum atomic E-state index is 12.5. The first-order chi connectivity index (χ1) is 14.7. The van der Waals surface area contributed by atoms with Gasteiger partial charge in [-0.15, -0.1) is 0 Å². The number of carbonyl (C=O) groups is 4. The zero-order valence-electron chi connectivity index (χ0n) is 18.0. The van der Waals surface area contributed by atoms with Crippen LogP contribution < -0.4 is 10.2 Å². The van der Waals surface area contributed by atoms with E-state index in [-0.39, 0.29) is 13.0 Å². The lowest BCUT2D eigenvalue weighted by molar-refractivity contribution is -0.153. The molecule has 3 amide bonds. The molecule has 8 heteroatoms. The molecule has 2 aromatic carbocycles. The number of nitrogens with zero attached hydrogens (tertiary/aromatic N) is 2. The maximum absolute atomic E-state index is 12.5. The number of carbonyl (C=O) groups excluding carboxylic acids is 4. The molecule has 0 saturated heterocycles. The van der Waals surface area contributed by atoms with Gasteiger partial charge in [0.05, 0.1) is 17.5 Å². The van der Waals surface area contributed by atoms with Crippen molar-refractivity contribution in [2.45, 2.75) is 26.4 Å². The second-order valence-corrected chi connectivity index (χ2v) is 7.62. The highest BCUT2D eigenvalue weighted by molar-refractivity contribution is 6.21. The third-order valence-electron chi connectivity index (χ3n) is 4.99. The number of esters is 1. The highest BCUT2D eigenvalue weighted by Gasteiger charge is 2.35. The summed E-state index contributed by atoms with van der Waals surface area (Å²) in [7, 11) is 3.83. The van der Waals surface area contributed by atoms with Gasteiger partial charge in [-0.25, -0.2) is 0 Å². The lowest BCUT2D eigenvalue weighted by atomic mass is 10.1. The molecule has 162 valence electrons. The molecule has 1 aliphatic heterocycles. The fraction of sp³-hybridized carbons (Fsp3) is 0.304. The van der Waals surface area contributed by atoms with E-state index < -0.39 is 29.8 Å². The van der Waals surface area contributed by atoms with E-state index in [4.69, 9.17) is 4.74 Å². The van der Waals surface area contributed by atoms with E-state index in [1.54, 1.807) is 30.3 Å². The Hall–Kier alpha value is -3.68. The minimum atomic E-state index is -1.02. The molecule has 0 fully saturated rings. The highest BCUT2D eigenvalue weighted by Crippen LogP contribution is 2.24. The third-order valence-corrected chi connectivity index (χ3v) is 4.99. The summed E-state index contributed by atoms with van der Waals surface area (Å²) < 4.78 is 5.16. The Morgan fingerprint density at radius 3 is 2.32 bits per heavy atom. The minimum absolute atomic E-state index is 0.107. The zero-order valence-corrected chi connectivity index (χ0v) is 18.0. The molecule has 0 spiro atoms. The Bertz CT molecular complexity index is 1030. The summed E-state index contributed by atoms with van der Waals surface area (Å²) in [5, 5.41) is 2.69. The summed E-state index contributed by atoms with van der Waals surface area (Å²) in [5.41, 5.74) is 3.11. The van der Waals surface area contributed by atoms with Gasteiger partial charge < -0.3 is 15.0 Å². The van der Waals surface area contributed by atoms with E-state index >= 15 is 0 Å². The third kappa shape index (κ3) is 4.91.